The van der Waals surface area contributed by atoms with Crippen LogP contribution in [0, 0.1) is 40.4 Å². The molecule has 15 heteroatoms. The molecule has 80 heavy (non-hydrogen) atoms. The van der Waals surface area contributed by atoms with Gasteiger partial charge in [0.2, 0.25) is 5.95 Å². The minimum Gasteiger partial charge on any atom is -0.450 e. The second-order valence-electron chi connectivity index (χ2n) is 26.8. The van der Waals surface area contributed by atoms with Gasteiger partial charge in [0.1, 0.15) is 0 Å². The highest BCUT2D eigenvalue weighted by Gasteiger charge is 2.43. The molecule has 15 nitrogen and oxygen atoms in total. The number of nitrogens with zero attached hydrogens (tertiary/aromatic N) is 1. The summed E-state index contributed by atoms with van der Waals surface area (Å²) in [4.78, 5) is 69.5. The number of aromatic amines is 1. The first-order valence-electron chi connectivity index (χ1n) is 32.4. The van der Waals surface area contributed by atoms with Crippen LogP contribution in [0.1, 0.15) is 287 Å². The Morgan fingerprint density at radius 3 is 1.31 bits per heavy atom. The predicted octanol–water partition coefficient (Wildman–Crippen LogP) is 16.8. The van der Waals surface area contributed by atoms with Crippen molar-refractivity contribution in [3.05, 3.63) is 21.6 Å². The number of rotatable bonds is 37. The molecule has 0 bridgehead atoms. The molecule has 464 valence electrons. The molecule has 6 atom stereocenters. The molecule has 1 aromatic rings. The second kappa shape index (κ2) is 39.4. The zero-order valence-electron chi connectivity index (χ0n) is 53.5. The van der Waals surface area contributed by atoms with Gasteiger partial charge in [-0.15, -0.1) is 0 Å². The molecule has 1 aromatic heterocycles. The Morgan fingerprint density at radius 2 is 0.925 bits per heavy atom. The highest BCUT2D eigenvalue weighted by molar-refractivity contribution is 5.87. The van der Waals surface area contributed by atoms with Gasteiger partial charge < -0.3 is 35.5 Å². The van der Waals surface area contributed by atoms with Gasteiger partial charge in [-0.2, -0.15) is 0 Å². The highest BCUT2D eigenvalue weighted by Crippen LogP contribution is 2.47. The molecule has 5 amide bonds. The summed E-state index contributed by atoms with van der Waals surface area (Å²) >= 11 is 0. The number of hydrogen-bond acceptors (Lipinski definition) is 9. The molecule has 6 unspecified atom stereocenters. The van der Waals surface area contributed by atoms with Crippen molar-refractivity contribution >= 4 is 30.3 Å². The maximum Gasteiger partial charge on any atom is 0.407 e. The van der Waals surface area contributed by atoms with Crippen LogP contribution >= 0.6 is 0 Å². The van der Waals surface area contributed by atoms with Crippen molar-refractivity contribution in [2.24, 2.45) is 33.5 Å². The first kappa shape index (κ1) is 72.1. The normalized spacial score (nSPS) is 21.0. The first-order chi connectivity index (χ1) is 38.0. The monoisotopic (exact) mass is 1130 g/mol. The van der Waals surface area contributed by atoms with E-state index in [-0.39, 0.29) is 63.5 Å². The van der Waals surface area contributed by atoms with E-state index in [0.717, 1.165) is 64.2 Å². The minimum atomic E-state index is -0.416. The number of amides is 5. The quantitative estimate of drug-likeness (QED) is 0.0277. The van der Waals surface area contributed by atoms with Crippen LogP contribution < -0.4 is 32.1 Å². The van der Waals surface area contributed by atoms with Gasteiger partial charge in [0.15, 0.2) is 0 Å². The third-order valence-corrected chi connectivity index (χ3v) is 16.7. The molecule has 2 fully saturated rings. The number of unbranched alkanes of at least 4 members (excludes halogenated alkanes) is 16. The third-order valence-electron chi connectivity index (χ3n) is 16.7. The van der Waals surface area contributed by atoms with E-state index in [0.29, 0.717) is 62.4 Å². The average Bonchev–Trinajstić information content (AvgIpc) is 3.38. The maximum absolute atomic E-state index is 13.0. The van der Waals surface area contributed by atoms with Crippen molar-refractivity contribution in [1.29, 1.82) is 0 Å². The maximum atomic E-state index is 13.0. The van der Waals surface area contributed by atoms with Crippen LogP contribution in [0.4, 0.5) is 25.1 Å². The smallest absolute Gasteiger partial charge is 0.407 e. The summed E-state index contributed by atoms with van der Waals surface area (Å²) in [5.74, 6) is 1.02. The van der Waals surface area contributed by atoms with E-state index in [1.54, 1.807) is 13.8 Å². The number of anilines is 1. The largest absolute Gasteiger partial charge is 0.450 e. The number of aryl methyl sites for hydroxylation is 1. The third kappa shape index (κ3) is 32.0. The lowest BCUT2D eigenvalue weighted by molar-refractivity contribution is 0.0598. The summed E-state index contributed by atoms with van der Waals surface area (Å²) in [7, 11) is 0. The molecule has 6 N–H and O–H groups in total. The molecule has 0 spiro atoms. The van der Waals surface area contributed by atoms with Gasteiger partial charge in [-0.25, -0.2) is 24.2 Å². The van der Waals surface area contributed by atoms with Gasteiger partial charge >= 0.3 is 24.3 Å². The molecule has 0 aliphatic heterocycles. The van der Waals surface area contributed by atoms with E-state index in [1.807, 2.05) is 6.92 Å². The summed E-state index contributed by atoms with van der Waals surface area (Å²) in [5.41, 5.74) is 0.723. The fourth-order valence-electron chi connectivity index (χ4n) is 13.3. The van der Waals surface area contributed by atoms with Crippen LogP contribution in [0.5, 0.6) is 0 Å². The summed E-state index contributed by atoms with van der Waals surface area (Å²) in [6.07, 6.45) is 34.8. The lowest BCUT2D eigenvalue weighted by Crippen LogP contribution is -2.51. The summed E-state index contributed by atoms with van der Waals surface area (Å²) < 4.78 is 16.6. The van der Waals surface area contributed by atoms with Crippen LogP contribution in [0.2, 0.25) is 0 Å². The number of aromatic nitrogens is 2. The molecule has 2 saturated carbocycles. The standard InChI is InChI=1S/C35H63N5O4.C30H58N2O4/c1-8-11-13-15-16-18-20-27(19-17-14-12-9-2)23-44-33(43)38-28-21-34(5,6)24-35(7,22-28)25-36-32(42)40-31-37-26(4)29(10-3)30(41)39-31;1-7-10-12-14-15-17-19-25(18-16-13-11-8-2)22-36-28(34)32-26-20-29(4,5)23-30(6,21-26)24-31-27(33)35-9-3/h27-28H,8-25H2,1-7H3,(H,38,43)(H3,36,37,39,40,41,42);25-26H,7-24H2,1-6H3,(H,31,33)(H,32,34). The molecule has 0 radical (unpaired) electrons. The van der Waals surface area contributed by atoms with E-state index in [2.05, 4.69) is 106 Å². The van der Waals surface area contributed by atoms with Gasteiger partial charge in [0.25, 0.3) is 5.56 Å². The molecule has 1 heterocycles. The molecule has 0 saturated heterocycles. The molecule has 0 aromatic carbocycles. The van der Waals surface area contributed by atoms with E-state index in [9.17, 15) is 24.0 Å². The van der Waals surface area contributed by atoms with Gasteiger partial charge in [0.05, 0.1) is 19.8 Å². The molecular weight excluding hydrogens is 1010 g/mol. The van der Waals surface area contributed by atoms with E-state index in [1.165, 1.54) is 128 Å². The van der Waals surface area contributed by atoms with Crippen molar-refractivity contribution in [2.45, 2.75) is 301 Å². The van der Waals surface area contributed by atoms with Gasteiger partial charge in [0, 0.05) is 36.4 Å². The van der Waals surface area contributed by atoms with Gasteiger partial charge in [-0.05, 0) is 118 Å². The SMILES string of the molecule is CCCCCCCCC(CCCCCC)COC(=O)NC1CC(C)(C)CC(C)(CNC(=O)Nc2nc(C)c(CC)c(=O)[nH]2)C1.CCCCCCCCC(CCCCCC)COC(=O)NC1CC(C)(C)CC(C)(CNC(=O)OCC)C1. The summed E-state index contributed by atoms with van der Waals surface area (Å²) in [6, 6.07) is -0.414. The molecule has 3 rings (SSSR count). The highest BCUT2D eigenvalue weighted by atomic mass is 16.6. The number of nitrogens with one attached hydrogen (secondary N) is 6. The van der Waals surface area contributed by atoms with Crippen molar-refractivity contribution < 1.29 is 33.4 Å². The zero-order valence-corrected chi connectivity index (χ0v) is 53.5. The van der Waals surface area contributed by atoms with E-state index < -0.39 is 6.03 Å². The lowest BCUT2D eigenvalue weighted by Gasteiger charge is -2.46. The Morgan fingerprint density at radius 1 is 0.537 bits per heavy atom. The van der Waals surface area contributed by atoms with Crippen molar-refractivity contribution in [1.82, 2.24) is 31.2 Å². The van der Waals surface area contributed by atoms with Crippen LogP contribution in [0.25, 0.3) is 0 Å². The van der Waals surface area contributed by atoms with Crippen LogP contribution in [0.15, 0.2) is 4.79 Å². The average molecular weight is 1130 g/mol. The number of hydrogen-bond donors (Lipinski definition) is 6. The first-order valence-corrected chi connectivity index (χ1v) is 32.4. The van der Waals surface area contributed by atoms with Gasteiger partial charge in [-0.1, -0.05) is 205 Å². The number of ether oxygens (including phenoxy) is 3. The number of carbonyl (C=O) groups is 4. The van der Waals surface area contributed by atoms with E-state index in [4.69, 9.17) is 14.2 Å². The number of alkyl carbamates (subject to hydrolysis) is 3. The van der Waals surface area contributed by atoms with E-state index >= 15 is 0 Å². The predicted molar refractivity (Wildman–Crippen MR) is 330 cm³/mol. The molecule has 2 aliphatic rings. The Kier molecular flexibility index (Phi) is 35.5. The lowest BCUT2D eigenvalue weighted by atomic mass is 9.62. The summed E-state index contributed by atoms with van der Waals surface area (Å²) in [5, 5.41) is 14.9. The van der Waals surface area contributed by atoms with Crippen molar-refractivity contribution in [2.75, 3.05) is 38.2 Å². The number of urea groups is 1. The zero-order chi connectivity index (χ0) is 59.5. The Hall–Kier alpha value is -4.04. The fourth-order valence-corrected chi connectivity index (χ4v) is 13.3. The molecule has 2 aliphatic carbocycles. The number of carbonyl (C=O) groups excluding carboxylic acids is 4. The van der Waals surface area contributed by atoms with Gasteiger partial charge in [-0.3, -0.25) is 15.1 Å². The van der Waals surface area contributed by atoms with Crippen LogP contribution in [-0.4, -0.2) is 79.3 Å². The van der Waals surface area contributed by atoms with Crippen molar-refractivity contribution in [3.63, 3.8) is 0 Å². The van der Waals surface area contributed by atoms with Crippen LogP contribution in [0.3, 0.4) is 0 Å². The Labute approximate surface area is 487 Å². The fraction of sp³-hybridized carbons (Fsp3) is 0.877. The summed E-state index contributed by atoms with van der Waals surface area (Å²) in [6.45, 7) is 30.0. The number of H-pyrrole nitrogens is 1. The Balaban J connectivity index is 0.000000558. The second-order valence-corrected chi connectivity index (χ2v) is 26.8. The minimum absolute atomic E-state index is 0.0113. The Bertz CT molecular complexity index is 1940. The van der Waals surface area contributed by atoms with Crippen LogP contribution in [-0.2, 0) is 20.6 Å². The topological polar surface area (TPSA) is 202 Å². The van der Waals surface area contributed by atoms with Crippen molar-refractivity contribution in [3.8, 4) is 0 Å². The molecular formula is C65H121N7O8.